The van der Waals surface area contributed by atoms with Gasteiger partial charge in [0, 0.05) is 12.7 Å². The summed E-state index contributed by atoms with van der Waals surface area (Å²) in [5.74, 6) is -0.417. The molecule has 0 atom stereocenters. The molecule has 2 rings (SSSR count). The highest BCUT2D eigenvalue weighted by Crippen LogP contribution is 2.35. The maximum absolute atomic E-state index is 13.5. The van der Waals surface area contributed by atoms with Crippen molar-refractivity contribution in [3.05, 3.63) is 29.6 Å². The maximum atomic E-state index is 13.5. The summed E-state index contributed by atoms with van der Waals surface area (Å²) in [6, 6.07) is 3.65. The molecule has 2 aromatic heterocycles. The number of carbonyl (C=O) groups excluding carboxylic acids is 1. The van der Waals surface area contributed by atoms with E-state index in [1.54, 1.807) is 25.5 Å². The van der Waals surface area contributed by atoms with Gasteiger partial charge in [-0.3, -0.25) is 0 Å². The van der Waals surface area contributed by atoms with Gasteiger partial charge in [-0.05, 0) is 38.3 Å². The monoisotopic (exact) mass is 502 g/mol. The van der Waals surface area contributed by atoms with Crippen LogP contribution in [0.4, 0.5) is 23.8 Å². The largest absolute Gasteiger partial charge is 0.443 e. The van der Waals surface area contributed by atoms with Crippen LogP contribution in [0.2, 0.25) is 0 Å². The summed E-state index contributed by atoms with van der Waals surface area (Å²) in [4.78, 5) is 15.3. The van der Waals surface area contributed by atoms with Crippen molar-refractivity contribution in [3.8, 4) is 11.9 Å². The molecule has 0 aromatic carbocycles. The lowest BCUT2D eigenvalue weighted by molar-refractivity contribution is -0.141. The van der Waals surface area contributed by atoms with Crippen molar-refractivity contribution in [2.24, 2.45) is 5.41 Å². The van der Waals surface area contributed by atoms with Gasteiger partial charge in [-0.15, -0.1) is 0 Å². The zero-order chi connectivity index (χ0) is 26.1. The molecule has 1 amide bonds. The Morgan fingerprint density at radius 1 is 1.18 bits per heavy atom. The zero-order valence-corrected chi connectivity index (χ0v) is 20.2. The quantitative estimate of drug-likeness (QED) is 0.629. The number of halogens is 3. The van der Waals surface area contributed by atoms with Crippen molar-refractivity contribution in [3.63, 3.8) is 0 Å². The minimum Gasteiger partial charge on any atom is -0.443 e. The number of pyridine rings is 1. The number of sulfonamides is 1. The van der Waals surface area contributed by atoms with Crippen molar-refractivity contribution in [1.29, 1.82) is 5.26 Å². The molecule has 14 heteroatoms. The molecule has 0 saturated heterocycles. The van der Waals surface area contributed by atoms with Crippen LogP contribution in [-0.4, -0.2) is 41.4 Å². The third-order valence-electron chi connectivity index (χ3n) is 3.92. The van der Waals surface area contributed by atoms with Gasteiger partial charge in [0.1, 0.15) is 27.9 Å². The fourth-order valence-electron chi connectivity index (χ4n) is 2.52. The summed E-state index contributed by atoms with van der Waals surface area (Å²) in [6.07, 6.45) is -5.27. The predicted molar refractivity (Wildman–Crippen MR) is 116 cm³/mol. The fraction of sp³-hybridized carbons (Fsp3) is 0.500. The summed E-state index contributed by atoms with van der Waals surface area (Å²) in [5.41, 5.74) is -3.41. The average molecular weight is 503 g/mol. The van der Waals surface area contributed by atoms with Crippen molar-refractivity contribution >= 4 is 21.9 Å². The van der Waals surface area contributed by atoms with Crippen LogP contribution in [0.1, 0.15) is 52.8 Å². The van der Waals surface area contributed by atoms with Gasteiger partial charge in [-0.25, -0.2) is 22.9 Å². The highest BCUT2D eigenvalue weighted by atomic mass is 32.2. The molecule has 0 spiro atoms. The van der Waals surface area contributed by atoms with E-state index < -0.39 is 44.0 Å². The Hall–Kier alpha value is -3.34. The predicted octanol–water partition coefficient (Wildman–Crippen LogP) is 3.83. The van der Waals surface area contributed by atoms with Gasteiger partial charge in [0.25, 0.3) is 10.0 Å². The van der Waals surface area contributed by atoms with Crippen LogP contribution in [0.3, 0.4) is 0 Å². The first kappa shape index (κ1) is 26.9. The van der Waals surface area contributed by atoms with Gasteiger partial charge in [0.15, 0.2) is 11.5 Å². The van der Waals surface area contributed by atoms with Crippen LogP contribution in [0.5, 0.6) is 0 Å². The second-order valence-electron chi connectivity index (χ2n) is 9.47. The van der Waals surface area contributed by atoms with E-state index in [2.05, 4.69) is 15.4 Å². The summed E-state index contributed by atoms with van der Waals surface area (Å²) in [6.45, 7) is 10.4. The molecule has 2 N–H and O–H groups in total. The number of hydrogen-bond donors (Lipinski definition) is 2. The van der Waals surface area contributed by atoms with Gasteiger partial charge in [-0.1, -0.05) is 20.8 Å². The molecular weight excluding hydrogens is 477 g/mol. The first-order valence-corrected chi connectivity index (χ1v) is 11.4. The number of anilines is 1. The van der Waals surface area contributed by atoms with Gasteiger partial charge >= 0.3 is 12.3 Å². The summed E-state index contributed by atoms with van der Waals surface area (Å²) < 4.78 is 72.7. The van der Waals surface area contributed by atoms with Crippen molar-refractivity contribution in [2.75, 3.05) is 11.9 Å². The molecule has 0 fully saturated rings. The number of rotatable bonds is 5. The Morgan fingerprint density at radius 3 is 2.24 bits per heavy atom. The third-order valence-corrected chi connectivity index (χ3v) is 5.21. The topological polar surface area (TPSA) is 139 Å². The Bertz CT molecular complexity index is 1200. The van der Waals surface area contributed by atoms with E-state index in [1.165, 1.54) is 6.07 Å². The number of nitrogens with one attached hydrogen (secondary N) is 2. The number of amides is 1. The highest BCUT2D eigenvalue weighted by molar-refractivity contribution is 7.90. The van der Waals surface area contributed by atoms with Crippen LogP contribution in [0.15, 0.2) is 23.2 Å². The lowest BCUT2D eigenvalue weighted by Crippen LogP contribution is -2.36. The highest BCUT2D eigenvalue weighted by Gasteiger charge is 2.40. The van der Waals surface area contributed by atoms with Crippen LogP contribution < -0.4 is 10.0 Å². The van der Waals surface area contributed by atoms with Gasteiger partial charge in [0.05, 0.1) is 0 Å². The van der Waals surface area contributed by atoms with Gasteiger partial charge in [0.2, 0.25) is 0 Å². The van der Waals surface area contributed by atoms with E-state index in [0.29, 0.717) is 0 Å². The van der Waals surface area contributed by atoms with E-state index in [0.717, 1.165) is 23.0 Å². The minimum atomic E-state index is -4.91. The molecule has 0 saturated carbocycles. The van der Waals surface area contributed by atoms with E-state index in [9.17, 15) is 31.6 Å². The Balaban J connectivity index is 2.47. The molecule has 2 heterocycles. The molecule has 0 aliphatic carbocycles. The molecule has 186 valence electrons. The zero-order valence-electron chi connectivity index (χ0n) is 19.4. The average Bonchev–Trinajstić information content (AvgIpc) is 3.02. The van der Waals surface area contributed by atoms with Crippen molar-refractivity contribution in [2.45, 2.75) is 58.2 Å². The summed E-state index contributed by atoms with van der Waals surface area (Å²) >= 11 is 0. The summed E-state index contributed by atoms with van der Waals surface area (Å²) in [7, 11) is -4.37. The lowest BCUT2D eigenvalue weighted by Gasteiger charge is -2.20. The van der Waals surface area contributed by atoms with Crippen LogP contribution in [-0.2, 0) is 20.9 Å². The molecule has 0 aliphatic rings. The number of aromatic nitrogens is 3. The summed E-state index contributed by atoms with van der Waals surface area (Å²) in [5, 5.41) is 15.7. The van der Waals surface area contributed by atoms with Gasteiger partial charge < -0.3 is 10.1 Å². The normalized spacial score (nSPS) is 12.7. The Morgan fingerprint density at radius 2 is 1.79 bits per heavy atom. The van der Waals surface area contributed by atoms with E-state index in [4.69, 9.17) is 4.74 Å². The first-order valence-electron chi connectivity index (χ1n) is 9.90. The molecule has 0 aliphatic heterocycles. The number of ether oxygens (including phenoxy) is 1. The number of nitrogens with zero attached hydrogens (tertiary/aromatic N) is 4. The molecule has 0 bridgehead atoms. The second kappa shape index (κ2) is 9.13. The molecule has 34 heavy (non-hydrogen) atoms. The number of hydrogen-bond acceptors (Lipinski definition) is 8. The molecule has 0 unspecified atom stereocenters. The number of alkyl halides is 3. The Kier molecular flexibility index (Phi) is 7.22. The van der Waals surface area contributed by atoms with E-state index in [1.807, 2.05) is 20.8 Å². The smallest absolute Gasteiger partial charge is 0.436 e. The second-order valence-corrected chi connectivity index (χ2v) is 11.1. The van der Waals surface area contributed by atoms with Crippen LogP contribution >= 0.6 is 0 Å². The maximum Gasteiger partial charge on any atom is 0.436 e. The molecule has 10 nitrogen and oxygen atoms in total. The van der Waals surface area contributed by atoms with Gasteiger partial charge in [-0.2, -0.15) is 28.2 Å². The van der Waals surface area contributed by atoms with Crippen molar-refractivity contribution in [1.82, 2.24) is 19.5 Å². The minimum absolute atomic E-state index is 0.181. The lowest BCUT2D eigenvalue weighted by atomic mass is 9.97. The molecule has 2 aromatic rings. The van der Waals surface area contributed by atoms with Crippen LogP contribution in [0.25, 0.3) is 5.82 Å². The Labute approximate surface area is 195 Å². The third kappa shape index (κ3) is 6.83. The van der Waals surface area contributed by atoms with Crippen molar-refractivity contribution < 1.29 is 31.1 Å². The van der Waals surface area contributed by atoms with E-state index >= 15 is 0 Å². The molecule has 0 radical (unpaired) electrons. The number of nitriles is 1. The standard InChI is InChI=1S/C20H25F3N6O4S/c1-18(2,3)11-26-16-13(9-24)15(20(21,22)23)27-29(16)14-8-7-12(10-25-14)34(31,32)28-17(30)33-19(4,5)6/h7-8,10,26H,11H2,1-6H3,(H,28,30). The molecular formula is C20H25F3N6O4S. The fourth-order valence-corrected chi connectivity index (χ4v) is 3.34. The number of carbonyl (C=O) groups is 1. The SMILES string of the molecule is CC(C)(C)CNc1c(C#N)c(C(F)(F)F)nn1-c1ccc(S(=O)(=O)NC(=O)OC(C)(C)C)cn1. The van der Waals surface area contributed by atoms with E-state index in [-0.39, 0.29) is 23.6 Å². The van der Waals surface area contributed by atoms with Crippen LogP contribution in [0, 0.1) is 16.7 Å². The first-order chi connectivity index (χ1) is 15.3.